The number of para-hydroxylation sites is 1. The van der Waals surface area contributed by atoms with E-state index in [1.165, 1.54) is 28.8 Å². The predicted molar refractivity (Wildman–Crippen MR) is 159 cm³/mol. The molecule has 208 valence electrons. The van der Waals surface area contributed by atoms with Crippen LogP contribution in [0.4, 0.5) is 15.8 Å². The first-order valence-electron chi connectivity index (χ1n) is 12.5. The Morgan fingerprint density at radius 3 is 2.44 bits per heavy atom. The number of carbonyl (C=O) groups excluding carboxylic acids is 3. The van der Waals surface area contributed by atoms with Gasteiger partial charge in [0.15, 0.2) is 0 Å². The molecule has 7 nitrogen and oxygen atoms in total. The van der Waals surface area contributed by atoms with Crippen LogP contribution in [0.5, 0.6) is 0 Å². The van der Waals surface area contributed by atoms with E-state index in [4.69, 9.17) is 23.2 Å². The Labute approximate surface area is 251 Å². The van der Waals surface area contributed by atoms with Gasteiger partial charge in [0.05, 0.1) is 26.7 Å². The van der Waals surface area contributed by atoms with Gasteiger partial charge in [-0.15, -0.1) is 0 Å². The molecule has 4 aromatic rings. The molecular weight excluding hydrogens is 608 g/mol. The third-order valence-corrected chi connectivity index (χ3v) is 10.6. The number of hydrogen-bond acceptors (Lipinski definition) is 6. The van der Waals surface area contributed by atoms with Gasteiger partial charge in [-0.1, -0.05) is 76.6 Å². The Kier molecular flexibility index (Phi) is 7.27. The van der Waals surface area contributed by atoms with Crippen molar-refractivity contribution in [2.75, 3.05) is 10.2 Å². The number of hydrogen-bond donors (Lipinski definition) is 1. The molecule has 0 aliphatic carbocycles. The maximum atomic E-state index is 13.9. The van der Waals surface area contributed by atoms with Gasteiger partial charge in [-0.2, -0.15) is 0 Å². The van der Waals surface area contributed by atoms with Gasteiger partial charge in [0.1, 0.15) is 17.6 Å². The summed E-state index contributed by atoms with van der Waals surface area (Å²) in [5.41, 5.74) is 2.23. The van der Waals surface area contributed by atoms with E-state index in [1.54, 1.807) is 30.3 Å². The van der Waals surface area contributed by atoms with Crippen LogP contribution in [-0.2, 0) is 20.9 Å². The fraction of sp³-hybridized carbons (Fsp3) is 0.172. The molecule has 1 fully saturated rings. The molecule has 1 N–H and O–H groups in total. The largest absolute Gasteiger partial charge is 0.324 e. The number of carbonyl (C=O) groups is 3. The maximum absolute atomic E-state index is 13.9. The average Bonchev–Trinajstić information content (AvgIpc) is 3.38. The van der Waals surface area contributed by atoms with Gasteiger partial charge in [-0.25, -0.2) is 9.29 Å². The van der Waals surface area contributed by atoms with E-state index in [9.17, 15) is 23.6 Å². The summed E-state index contributed by atoms with van der Waals surface area (Å²) in [5, 5.41) is 2.81. The van der Waals surface area contributed by atoms with E-state index in [0.717, 1.165) is 33.6 Å². The van der Waals surface area contributed by atoms with Crippen LogP contribution in [0.15, 0.2) is 76.6 Å². The van der Waals surface area contributed by atoms with Crippen LogP contribution in [0.3, 0.4) is 0 Å². The smallest absolute Gasteiger partial charge is 0.308 e. The zero-order valence-corrected chi connectivity index (χ0v) is 24.4. The highest BCUT2D eigenvalue weighted by atomic mass is 35.5. The quantitative estimate of drug-likeness (QED) is 0.270. The summed E-state index contributed by atoms with van der Waals surface area (Å²) >= 11 is 15.0. The fourth-order valence-corrected chi connectivity index (χ4v) is 8.43. The molecule has 3 unspecified atom stereocenters. The van der Waals surface area contributed by atoms with E-state index in [0.29, 0.717) is 21.2 Å². The summed E-state index contributed by atoms with van der Waals surface area (Å²) in [5.74, 6) is -3.59. The van der Waals surface area contributed by atoms with E-state index in [-0.39, 0.29) is 22.3 Å². The number of aromatic nitrogens is 1. The molecule has 3 aromatic carbocycles. The topological polar surface area (TPSA) is 88.5 Å². The average molecular weight is 629 g/mol. The molecule has 2 aliphatic heterocycles. The van der Waals surface area contributed by atoms with Crippen LogP contribution in [-0.4, -0.2) is 27.5 Å². The number of thiazole rings is 1. The van der Waals surface area contributed by atoms with Gasteiger partial charge in [-0.05, 0) is 54.4 Å². The molecule has 0 bridgehead atoms. The number of imide groups is 1. The van der Waals surface area contributed by atoms with Crippen molar-refractivity contribution < 1.29 is 18.8 Å². The normalized spacial score (nSPS) is 19.7. The number of rotatable bonds is 5. The van der Waals surface area contributed by atoms with E-state index in [2.05, 4.69) is 5.32 Å². The Morgan fingerprint density at radius 2 is 1.71 bits per heavy atom. The number of amides is 3. The van der Waals surface area contributed by atoms with Gasteiger partial charge in [-0.3, -0.25) is 23.7 Å². The highest BCUT2D eigenvalue weighted by molar-refractivity contribution is 8.00. The number of anilines is 2. The molecule has 3 amide bonds. The lowest BCUT2D eigenvalue weighted by Crippen LogP contribution is -2.33. The standard InChI is InChI=1S/C29H20Cl2FN3O4S2/c1-14-5-2-3-8-19(14)33-20(36)13-34-28-25(41-29(34)39)21(17-6-4-7-18(30)23(17)31)22-24(40-28)27(38)35(26(22)37)16-11-9-15(32)10-12-16/h2-12,21-22,24H,13H2,1H3,(H,33,36). The molecule has 0 saturated carbocycles. The molecular formula is C29H20Cl2FN3O4S2. The Bertz CT molecular complexity index is 1790. The SMILES string of the molecule is Cc1ccccc1NC(=O)Cn1c2c(sc1=O)C(c1cccc(Cl)c1Cl)C1C(=O)N(c3ccc(F)cc3)C(=O)C1S2. The fourth-order valence-electron chi connectivity index (χ4n) is 5.24. The lowest BCUT2D eigenvalue weighted by atomic mass is 9.83. The number of fused-ring (bicyclic) bond motifs is 2. The summed E-state index contributed by atoms with van der Waals surface area (Å²) in [6, 6.07) is 17.4. The van der Waals surface area contributed by atoms with Crippen molar-refractivity contribution >= 4 is 75.4 Å². The number of aryl methyl sites for hydroxylation is 1. The number of benzene rings is 3. The lowest BCUT2D eigenvalue weighted by molar-refractivity contribution is -0.122. The molecule has 2 aliphatic rings. The van der Waals surface area contributed by atoms with Crippen LogP contribution in [0, 0.1) is 18.7 Å². The second-order valence-electron chi connectivity index (χ2n) is 9.66. The van der Waals surface area contributed by atoms with Crippen molar-refractivity contribution in [2.45, 2.75) is 29.7 Å². The summed E-state index contributed by atoms with van der Waals surface area (Å²) in [4.78, 5) is 55.2. The first-order valence-corrected chi connectivity index (χ1v) is 14.9. The third-order valence-electron chi connectivity index (χ3n) is 7.17. The lowest BCUT2D eigenvalue weighted by Gasteiger charge is -2.31. The Balaban J connectivity index is 1.44. The first-order chi connectivity index (χ1) is 19.7. The van der Waals surface area contributed by atoms with E-state index >= 15 is 0 Å². The summed E-state index contributed by atoms with van der Waals surface area (Å²) in [7, 11) is 0. The van der Waals surface area contributed by atoms with Crippen molar-refractivity contribution in [2.24, 2.45) is 5.92 Å². The van der Waals surface area contributed by atoms with Crippen molar-refractivity contribution in [3.63, 3.8) is 0 Å². The maximum Gasteiger partial charge on any atom is 0.308 e. The molecule has 3 heterocycles. The van der Waals surface area contributed by atoms with E-state index in [1.807, 2.05) is 19.1 Å². The van der Waals surface area contributed by atoms with Crippen LogP contribution in [0.2, 0.25) is 10.0 Å². The summed E-state index contributed by atoms with van der Waals surface area (Å²) < 4.78 is 15.0. The van der Waals surface area contributed by atoms with Crippen LogP contribution in [0.25, 0.3) is 0 Å². The van der Waals surface area contributed by atoms with Crippen LogP contribution in [0.1, 0.15) is 21.9 Å². The van der Waals surface area contributed by atoms with Crippen molar-refractivity contribution in [1.29, 1.82) is 0 Å². The van der Waals surface area contributed by atoms with Gasteiger partial charge in [0, 0.05) is 16.5 Å². The highest BCUT2D eigenvalue weighted by Gasteiger charge is 2.57. The van der Waals surface area contributed by atoms with Gasteiger partial charge in [0.2, 0.25) is 17.7 Å². The van der Waals surface area contributed by atoms with Crippen LogP contribution >= 0.6 is 46.3 Å². The first kappa shape index (κ1) is 27.7. The van der Waals surface area contributed by atoms with Crippen molar-refractivity contribution in [1.82, 2.24) is 4.57 Å². The molecule has 0 spiro atoms. The van der Waals surface area contributed by atoms with Crippen molar-refractivity contribution in [3.8, 4) is 0 Å². The second kappa shape index (κ2) is 10.8. The highest BCUT2D eigenvalue weighted by Crippen LogP contribution is 2.55. The molecule has 12 heteroatoms. The Hall–Kier alpha value is -3.44. The number of nitrogens with zero attached hydrogens (tertiary/aromatic N) is 2. The van der Waals surface area contributed by atoms with Gasteiger partial charge >= 0.3 is 4.87 Å². The molecule has 1 saturated heterocycles. The predicted octanol–water partition coefficient (Wildman–Crippen LogP) is 6.10. The molecule has 1 aromatic heterocycles. The zero-order valence-electron chi connectivity index (χ0n) is 21.3. The minimum Gasteiger partial charge on any atom is -0.324 e. The summed E-state index contributed by atoms with van der Waals surface area (Å²) in [6.07, 6.45) is 0. The number of thioether (sulfide) groups is 1. The van der Waals surface area contributed by atoms with Crippen molar-refractivity contribution in [3.05, 3.63) is 108 Å². The minimum absolute atomic E-state index is 0.209. The molecule has 0 radical (unpaired) electrons. The third kappa shape index (κ3) is 4.78. The van der Waals surface area contributed by atoms with Gasteiger partial charge in [0.25, 0.3) is 0 Å². The number of halogens is 3. The zero-order chi connectivity index (χ0) is 29.0. The number of nitrogens with one attached hydrogen (secondary N) is 1. The minimum atomic E-state index is -0.917. The monoisotopic (exact) mass is 627 g/mol. The Morgan fingerprint density at radius 1 is 0.976 bits per heavy atom. The second-order valence-corrected chi connectivity index (χ2v) is 12.6. The van der Waals surface area contributed by atoms with E-state index < -0.39 is 45.5 Å². The molecule has 41 heavy (non-hydrogen) atoms. The summed E-state index contributed by atoms with van der Waals surface area (Å²) in [6.45, 7) is 1.57. The molecule has 3 atom stereocenters. The molecule has 6 rings (SSSR count). The van der Waals surface area contributed by atoms with Crippen LogP contribution < -0.4 is 15.1 Å². The van der Waals surface area contributed by atoms with Gasteiger partial charge < -0.3 is 5.32 Å².